The Kier molecular flexibility index (Phi) is 6.20. The number of ether oxygens (including phenoxy) is 2. The molecule has 1 heterocycles. The summed E-state index contributed by atoms with van der Waals surface area (Å²) in [7, 11) is 0. The average molecular weight is 296 g/mol. The van der Waals surface area contributed by atoms with E-state index in [4.69, 9.17) is 9.47 Å². The van der Waals surface area contributed by atoms with Crippen LogP contribution in [0.4, 0.5) is 10.7 Å². The number of nitrogens with zero attached hydrogens (tertiary/aromatic N) is 2. The van der Waals surface area contributed by atoms with Crippen LogP contribution in [-0.2, 0) is 4.74 Å². The number of carbonyl (C=O) groups is 1. The minimum absolute atomic E-state index is 0.413. The van der Waals surface area contributed by atoms with Gasteiger partial charge in [-0.25, -0.2) is 9.78 Å². The van der Waals surface area contributed by atoms with Crippen LogP contribution in [0.5, 0.6) is 5.88 Å². The maximum atomic E-state index is 11.5. The first-order valence-electron chi connectivity index (χ1n) is 6.99. The zero-order chi connectivity index (χ0) is 15.9. The van der Waals surface area contributed by atoms with Crippen LogP contribution < -0.4 is 15.4 Å². The molecule has 1 rings (SSSR count). The lowest BCUT2D eigenvalue weighted by Crippen LogP contribution is -2.35. The number of rotatable bonds is 6. The van der Waals surface area contributed by atoms with Gasteiger partial charge in [0.05, 0.1) is 6.61 Å². The van der Waals surface area contributed by atoms with Gasteiger partial charge in [0.2, 0.25) is 11.8 Å². The van der Waals surface area contributed by atoms with Crippen molar-refractivity contribution < 1.29 is 14.3 Å². The molecule has 0 spiro atoms. The zero-order valence-electron chi connectivity index (χ0n) is 13.3. The molecule has 0 saturated carbocycles. The number of hydrogen-bond donors (Lipinski definition) is 2. The van der Waals surface area contributed by atoms with Crippen LogP contribution in [0.1, 0.15) is 33.4 Å². The molecule has 21 heavy (non-hydrogen) atoms. The second-order valence-electron chi connectivity index (χ2n) is 5.46. The van der Waals surface area contributed by atoms with E-state index in [2.05, 4.69) is 20.6 Å². The summed E-state index contributed by atoms with van der Waals surface area (Å²) >= 11 is 0. The molecule has 1 aromatic rings. The lowest BCUT2D eigenvalue weighted by Gasteiger charge is -2.19. The molecule has 0 radical (unpaired) electrons. The lowest BCUT2D eigenvalue weighted by atomic mass is 10.2. The number of aromatic nitrogens is 2. The fourth-order valence-corrected chi connectivity index (χ4v) is 1.49. The summed E-state index contributed by atoms with van der Waals surface area (Å²) in [5.41, 5.74) is 0.319. The highest BCUT2D eigenvalue weighted by Gasteiger charge is 2.15. The molecule has 0 aromatic carbocycles. The largest absolute Gasteiger partial charge is 0.478 e. The van der Waals surface area contributed by atoms with Gasteiger partial charge in [0.15, 0.2) is 0 Å². The zero-order valence-corrected chi connectivity index (χ0v) is 13.3. The van der Waals surface area contributed by atoms with Crippen molar-refractivity contribution in [3.8, 4) is 5.88 Å². The third-order valence-electron chi connectivity index (χ3n) is 2.20. The Morgan fingerprint density at radius 2 is 2.00 bits per heavy atom. The van der Waals surface area contributed by atoms with Gasteiger partial charge in [-0.3, -0.25) is 0 Å². The van der Waals surface area contributed by atoms with Crippen LogP contribution in [-0.4, -0.2) is 41.4 Å². The molecular formula is C14H24N4O3. The molecule has 0 unspecified atom stereocenters. The smallest absolute Gasteiger partial charge is 0.407 e. The summed E-state index contributed by atoms with van der Waals surface area (Å²) in [5, 5.41) is 5.68. The van der Waals surface area contributed by atoms with Crippen LogP contribution in [0.3, 0.4) is 0 Å². The summed E-state index contributed by atoms with van der Waals surface area (Å²) in [6, 6.07) is 1.77. The Hall–Kier alpha value is -2.05. The Morgan fingerprint density at radius 1 is 1.29 bits per heavy atom. The minimum Gasteiger partial charge on any atom is -0.478 e. The Bertz CT molecular complexity index is 472. The molecule has 0 bridgehead atoms. The minimum atomic E-state index is -0.496. The standard InChI is InChI=1S/C14H24N4O3/c1-6-20-11-9-10(2)17-12(18-11)15-7-8-16-13(19)21-14(3,4)5/h9H,6-8H2,1-5H3,(H,16,19)(H,15,17,18). The van der Waals surface area contributed by atoms with Crippen LogP contribution in [0.25, 0.3) is 0 Å². The van der Waals surface area contributed by atoms with E-state index in [0.29, 0.717) is 31.5 Å². The molecule has 0 aliphatic carbocycles. The highest BCUT2D eigenvalue weighted by molar-refractivity contribution is 5.67. The molecule has 0 aliphatic heterocycles. The second kappa shape index (κ2) is 7.66. The number of carbonyl (C=O) groups excluding carboxylic acids is 1. The summed E-state index contributed by atoms with van der Waals surface area (Å²) in [6.07, 6.45) is -0.440. The number of anilines is 1. The number of aryl methyl sites for hydroxylation is 1. The lowest BCUT2D eigenvalue weighted by molar-refractivity contribution is 0.0530. The predicted octanol–water partition coefficient (Wildman–Crippen LogP) is 2.12. The van der Waals surface area contributed by atoms with Gasteiger partial charge < -0.3 is 20.1 Å². The molecule has 1 amide bonds. The third-order valence-corrected chi connectivity index (χ3v) is 2.20. The molecule has 0 aliphatic rings. The topological polar surface area (TPSA) is 85.4 Å². The number of nitrogens with one attached hydrogen (secondary N) is 2. The van der Waals surface area contributed by atoms with Gasteiger partial charge in [-0.05, 0) is 34.6 Å². The molecular weight excluding hydrogens is 272 g/mol. The summed E-state index contributed by atoms with van der Waals surface area (Å²) in [4.78, 5) is 19.9. The SMILES string of the molecule is CCOc1cc(C)nc(NCCNC(=O)OC(C)(C)C)n1. The van der Waals surface area contributed by atoms with Crippen molar-refractivity contribution in [1.29, 1.82) is 0 Å². The Morgan fingerprint density at radius 3 is 2.62 bits per heavy atom. The summed E-state index contributed by atoms with van der Waals surface area (Å²) < 4.78 is 10.5. The van der Waals surface area contributed by atoms with Crippen molar-refractivity contribution in [3.63, 3.8) is 0 Å². The molecule has 0 atom stereocenters. The van der Waals surface area contributed by atoms with E-state index < -0.39 is 11.7 Å². The fraction of sp³-hybridized carbons (Fsp3) is 0.643. The van der Waals surface area contributed by atoms with Crippen molar-refractivity contribution in [3.05, 3.63) is 11.8 Å². The van der Waals surface area contributed by atoms with Crippen LogP contribution in [0.15, 0.2) is 6.07 Å². The first-order chi connectivity index (χ1) is 9.80. The van der Waals surface area contributed by atoms with Crippen LogP contribution >= 0.6 is 0 Å². The quantitative estimate of drug-likeness (QED) is 0.782. The van der Waals surface area contributed by atoms with Gasteiger partial charge in [-0.15, -0.1) is 0 Å². The molecule has 7 heteroatoms. The van der Waals surface area contributed by atoms with Crippen LogP contribution in [0, 0.1) is 6.92 Å². The average Bonchev–Trinajstić information content (AvgIpc) is 2.32. The molecule has 1 aromatic heterocycles. The summed E-state index contributed by atoms with van der Waals surface area (Å²) in [5.74, 6) is 1.01. The third kappa shape index (κ3) is 7.34. The highest BCUT2D eigenvalue weighted by Crippen LogP contribution is 2.11. The van der Waals surface area contributed by atoms with E-state index in [-0.39, 0.29) is 0 Å². The van der Waals surface area contributed by atoms with E-state index in [9.17, 15) is 4.79 Å². The van der Waals surface area contributed by atoms with Gasteiger partial charge in [0.25, 0.3) is 0 Å². The molecule has 2 N–H and O–H groups in total. The number of hydrogen-bond acceptors (Lipinski definition) is 6. The Balaban J connectivity index is 2.37. The fourth-order valence-electron chi connectivity index (χ4n) is 1.49. The first-order valence-corrected chi connectivity index (χ1v) is 6.99. The summed E-state index contributed by atoms with van der Waals surface area (Å²) in [6.45, 7) is 10.7. The predicted molar refractivity (Wildman–Crippen MR) is 80.7 cm³/mol. The second-order valence-corrected chi connectivity index (χ2v) is 5.46. The van der Waals surface area contributed by atoms with Crippen molar-refractivity contribution in [2.75, 3.05) is 25.0 Å². The van der Waals surface area contributed by atoms with Crippen molar-refractivity contribution >= 4 is 12.0 Å². The van der Waals surface area contributed by atoms with Crippen molar-refractivity contribution in [2.45, 2.75) is 40.2 Å². The van der Waals surface area contributed by atoms with E-state index in [1.807, 2.05) is 34.6 Å². The normalized spacial score (nSPS) is 10.9. The Labute approximate surface area is 125 Å². The van der Waals surface area contributed by atoms with Gasteiger partial charge in [-0.2, -0.15) is 4.98 Å². The van der Waals surface area contributed by atoms with Crippen LogP contribution in [0.2, 0.25) is 0 Å². The first kappa shape index (κ1) is 17.0. The van der Waals surface area contributed by atoms with E-state index in [1.54, 1.807) is 6.07 Å². The maximum absolute atomic E-state index is 11.5. The molecule has 0 fully saturated rings. The van der Waals surface area contributed by atoms with E-state index in [1.165, 1.54) is 0 Å². The van der Waals surface area contributed by atoms with Gasteiger partial charge in [-0.1, -0.05) is 0 Å². The maximum Gasteiger partial charge on any atom is 0.407 e. The van der Waals surface area contributed by atoms with Gasteiger partial charge in [0, 0.05) is 24.8 Å². The molecule has 7 nitrogen and oxygen atoms in total. The number of alkyl carbamates (subject to hydrolysis) is 1. The van der Waals surface area contributed by atoms with Crippen molar-refractivity contribution in [2.24, 2.45) is 0 Å². The van der Waals surface area contributed by atoms with Gasteiger partial charge >= 0.3 is 6.09 Å². The number of amides is 1. The monoisotopic (exact) mass is 296 g/mol. The van der Waals surface area contributed by atoms with E-state index >= 15 is 0 Å². The molecule has 118 valence electrons. The highest BCUT2D eigenvalue weighted by atomic mass is 16.6. The van der Waals surface area contributed by atoms with Crippen molar-refractivity contribution in [1.82, 2.24) is 15.3 Å². The van der Waals surface area contributed by atoms with Gasteiger partial charge in [0.1, 0.15) is 5.60 Å². The molecule has 0 saturated heterocycles. The van der Waals surface area contributed by atoms with E-state index in [0.717, 1.165) is 5.69 Å².